The summed E-state index contributed by atoms with van der Waals surface area (Å²) in [4.78, 5) is 4.69. The van der Waals surface area contributed by atoms with Gasteiger partial charge in [0.1, 0.15) is 11.5 Å². The van der Waals surface area contributed by atoms with Gasteiger partial charge in [-0.3, -0.25) is 0 Å². The molecule has 0 saturated heterocycles. The number of rotatable bonds is 8. The number of hydrogen-bond acceptors (Lipinski definition) is 4. The molecular formula is C26H27NO3. The van der Waals surface area contributed by atoms with Gasteiger partial charge >= 0.3 is 0 Å². The lowest BCUT2D eigenvalue weighted by Gasteiger charge is -2.12. The molecule has 0 radical (unpaired) electrons. The van der Waals surface area contributed by atoms with E-state index in [1.165, 1.54) is 0 Å². The van der Waals surface area contributed by atoms with Crippen LogP contribution in [-0.2, 0) is 4.74 Å². The van der Waals surface area contributed by atoms with E-state index in [2.05, 4.69) is 4.99 Å². The molecule has 3 aromatic carbocycles. The lowest BCUT2D eigenvalue weighted by Crippen LogP contribution is -2.03. The van der Waals surface area contributed by atoms with Gasteiger partial charge in [0.2, 0.25) is 5.90 Å². The Bertz CT molecular complexity index is 975. The number of aliphatic imine (C=N–C) groups is 1. The first kappa shape index (κ1) is 21.2. The normalized spacial score (nSPS) is 11.8. The number of ether oxygens (including phenoxy) is 3. The van der Waals surface area contributed by atoms with Gasteiger partial charge in [0, 0.05) is 6.08 Å². The van der Waals surface area contributed by atoms with Crippen molar-refractivity contribution in [2.45, 2.75) is 13.8 Å². The number of nitrogens with zero attached hydrogens (tertiary/aromatic N) is 1. The maximum Gasteiger partial charge on any atom is 0.214 e. The lowest BCUT2D eigenvalue weighted by molar-refractivity contribution is 0.330. The molecule has 0 fully saturated rings. The van der Waals surface area contributed by atoms with Gasteiger partial charge in [0.25, 0.3) is 0 Å². The smallest absolute Gasteiger partial charge is 0.214 e. The Balaban J connectivity index is 2.07. The zero-order valence-corrected chi connectivity index (χ0v) is 17.7. The standard InChI is InChI=1S/C26H27NO3/c1-4-29-24-17-13-21(14-18-24)25(20-11-15-23(28-3)16-12-20)19-26(30-5-2)27-22-9-7-6-8-10-22/h6-19H,4-5H2,1-3H3. The number of para-hydroxylation sites is 1. The Morgan fingerprint density at radius 1 is 0.767 bits per heavy atom. The predicted octanol–water partition coefficient (Wildman–Crippen LogP) is 6.29. The van der Waals surface area contributed by atoms with Crippen LogP contribution >= 0.6 is 0 Å². The summed E-state index contributed by atoms with van der Waals surface area (Å²) in [6.45, 7) is 5.10. The van der Waals surface area contributed by atoms with Crippen molar-refractivity contribution < 1.29 is 14.2 Å². The average molecular weight is 402 g/mol. The maximum absolute atomic E-state index is 5.85. The zero-order valence-electron chi connectivity index (χ0n) is 17.7. The molecule has 0 unspecified atom stereocenters. The van der Waals surface area contributed by atoms with Crippen molar-refractivity contribution in [3.05, 3.63) is 96.1 Å². The lowest BCUT2D eigenvalue weighted by atomic mass is 9.97. The van der Waals surface area contributed by atoms with E-state index in [0.29, 0.717) is 19.1 Å². The first-order chi connectivity index (χ1) is 14.7. The second-order valence-electron chi connectivity index (χ2n) is 6.46. The highest BCUT2D eigenvalue weighted by Crippen LogP contribution is 2.27. The van der Waals surface area contributed by atoms with E-state index in [9.17, 15) is 0 Å². The summed E-state index contributed by atoms with van der Waals surface area (Å²) in [5, 5.41) is 0. The highest BCUT2D eigenvalue weighted by molar-refractivity contribution is 6.00. The van der Waals surface area contributed by atoms with Crippen LogP contribution < -0.4 is 9.47 Å². The molecular weight excluding hydrogens is 374 g/mol. The Hall–Kier alpha value is -3.53. The quantitative estimate of drug-likeness (QED) is 0.329. The van der Waals surface area contributed by atoms with Gasteiger partial charge in [0.05, 0.1) is 26.0 Å². The Kier molecular flexibility index (Phi) is 7.67. The molecule has 0 aromatic heterocycles. The first-order valence-electron chi connectivity index (χ1n) is 10.1. The van der Waals surface area contributed by atoms with E-state index in [-0.39, 0.29) is 0 Å². The molecule has 3 aromatic rings. The predicted molar refractivity (Wildman–Crippen MR) is 123 cm³/mol. The van der Waals surface area contributed by atoms with Gasteiger partial charge < -0.3 is 14.2 Å². The van der Waals surface area contributed by atoms with Gasteiger partial charge in [-0.15, -0.1) is 0 Å². The van der Waals surface area contributed by atoms with E-state index in [1.807, 2.05) is 98.8 Å². The molecule has 0 bridgehead atoms. The third-order valence-corrected chi connectivity index (χ3v) is 4.43. The Morgan fingerprint density at radius 3 is 1.90 bits per heavy atom. The fraction of sp³-hybridized carbons (Fsp3) is 0.192. The van der Waals surface area contributed by atoms with E-state index in [1.54, 1.807) is 7.11 Å². The van der Waals surface area contributed by atoms with Gasteiger partial charge in [0.15, 0.2) is 0 Å². The van der Waals surface area contributed by atoms with Crippen LogP contribution in [0.2, 0.25) is 0 Å². The molecule has 4 nitrogen and oxygen atoms in total. The summed E-state index contributed by atoms with van der Waals surface area (Å²) in [6.07, 6.45) is 1.98. The molecule has 154 valence electrons. The molecule has 0 saturated carbocycles. The molecule has 0 spiro atoms. The summed E-state index contributed by atoms with van der Waals surface area (Å²) >= 11 is 0. The van der Waals surface area contributed by atoms with Crippen LogP contribution in [0.25, 0.3) is 5.57 Å². The molecule has 0 amide bonds. The van der Waals surface area contributed by atoms with E-state index >= 15 is 0 Å². The zero-order chi connectivity index (χ0) is 21.2. The molecule has 3 rings (SSSR count). The second-order valence-corrected chi connectivity index (χ2v) is 6.46. The first-order valence-corrected chi connectivity index (χ1v) is 10.1. The summed E-state index contributed by atoms with van der Waals surface area (Å²) in [5.41, 5.74) is 3.94. The minimum absolute atomic E-state index is 0.529. The topological polar surface area (TPSA) is 40.0 Å². The van der Waals surface area contributed by atoms with Crippen molar-refractivity contribution in [1.82, 2.24) is 0 Å². The van der Waals surface area contributed by atoms with Crippen LogP contribution in [0.5, 0.6) is 11.5 Å². The number of methoxy groups -OCH3 is 1. The molecule has 4 heteroatoms. The van der Waals surface area contributed by atoms with E-state index < -0.39 is 0 Å². The molecule has 0 atom stereocenters. The van der Waals surface area contributed by atoms with Crippen LogP contribution in [-0.4, -0.2) is 26.2 Å². The van der Waals surface area contributed by atoms with Crippen molar-refractivity contribution in [2.75, 3.05) is 20.3 Å². The number of benzene rings is 3. The monoisotopic (exact) mass is 401 g/mol. The van der Waals surface area contributed by atoms with Gasteiger partial charge in [-0.2, -0.15) is 0 Å². The Morgan fingerprint density at radius 2 is 1.37 bits per heavy atom. The van der Waals surface area contributed by atoms with Crippen molar-refractivity contribution in [1.29, 1.82) is 0 Å². The number of hydrogen-bond donors (Lipinski definition) is 0. The third-order valence-electron chi connectivity index (χ3n) is 4.43. The summed E-state index contributed by atoms with van der Waals surface area (Å²) in [5.74, 6) is 2.22. The van der Waals surface area contributed by atoms with E-state index in [0.717, 1.165) is 33.9 Å². The van der Waals surface area contributed by atoms with E-state index in [4.69, 9.17) is 14.2 Å². The average Bonchev–Trinajstić information content (AvgIpc) is 2.79. The van der Waals surface area contributed by atoms with Crippen molar-refractivity contribution in [3.63, 3.8) is 0 Å². The second kappa shape index (κ2) is 10.9. The van der Waals surface area contributed by atoms with Crippen LogP contribution in [0.3, 0.4) is 0 Å². The van der Waals surface area contributed by atoms with Crippen molar-refractivity contribution in [2.24, 2.45) is 4.99 Å². The highest BCUT2D eigenvalue weighted by Gasteiger charge is 2.09. The van der Waals surface area contributed by atoms with Crippen LogP contribution in [0.1, 0.15) is 25.0 Å². The van der Waals surface area contributed by atoms with Crippen LogP contribution in [0, 0.1) is 0 Å². The fourth-order valence-corrected chi connectivity index (χ4v) is 3.01. The minimum atomic E-state index is 0.529. The van der Waals surface area contributed by atoms with Gasteiger partial charge in [-0.25, -0.2) is 4.99 Å². The van der Waals surface area contributed by atoms with Gasteiger partial charge in [-0.05, 0) is 66.9 Å². The highest BCUT2D eigenvalue weighted by atomic mass is 16.5. The van der Waals surface area contributed by atoms with Crippen molar-refractivity contribution >= 4 is 17.2 Å². The molecule has 30 heavy (non-hydrogen) atoms. The Labute approximate surface area is 178 Å². The SMILES string of the molecule is CCOC(C=C(c1ccc(OC)cc1)c1ccc(OCC)cc1)=Nc1ccccc1. The van der Waals surface area contributed by atoms with Crippen LogP contribution in [0.15, 0.2) is 89.9 Å². The maximum atomic E-state index is 5.85. The molecule has 0 N–H and O–H groups in total. The fourth-order valence-electron chi connectivity index (χ4n) is 3.01. The van der Waals surface area contributed by atoms with Crippen LogP contribution in [0.4, 0.5) is 5.69 Å². The third kappa shape index (κ3) is 5.74. The summed E-state index contributed by atoms with van der Waals surface area (Å²) in [6, 6.07) is 25.8. The van der Waals surface area contributed by atoms with Gasteiger partial charge in [-0.1, -0.05) is 42.5 Å². The largest absolute Gasteiger partial charge is 0.497 e. The molecule has 0 aliphatic rings. The minimum Gasteiger partial charge on any atom is -0.497 e. The van der Waals surface area contributed by atoms with Crippen molar-refractivity contribution in [3.8, 4) is 11.5 Å². The summed E-state index contributed by atoms with van der Waals surface area (Å²) in [7, 11) is 1.66. The summed E-state index contributed by atoms with van der Waals surface area (Å²) < 4.78 is 16.8. The molecule has 0 aliphatic heterocycles. The molecule has 0 aliphatic carbocycles. The molecule has 0 heterocycles.